The van der Waals surface area contributed by atoms with E-state index in [1.807, 2.05) is 37.3 Å². The molecule has 9 nitrogen and oxygen atoms in total. The van der Waals surface area contributed by atoms with E-state index in [2.05, 4.69) is 4.89 Å². The molecular formula is C24H33ClO9. The second-order valence-electron chi connectivity index (χ2n) is 8.00. The van der Waals surface area contributed by atoms with E-state index in [-0.39, 0.29) is 6.61 Å². The molecule has 10 heteroatoms. The Morgan fingerprint density at radius 3 is 2.24 bits per heavy atom. The summed E-state index contributed by atoms with van der Waals surface area (Å²) in [5.74, 6) is 0.799. The van der Waals surface area contributed by atoms with Crippen molar-refractivity contribution < 1.29 is 45.2 Å². The molecule has 34 heavy (non-hydrogen) atoms. The van der Waals surface area contributed by atoms with Gasteiger partial charge in [-0.1, -0.05) is 35.9 Å². The number of hydrogen-bond donors (Lipinski definition) is 6. The normalized spacial score (nSPS) is 25.3. The molecule has 0 unspecified atom stereocenters. The van der Waals surface area contributed by atoms with Crippen LogP contribution in [-0.2, 0) is 16.0 Å². The van der Waals surface area contributed by atoms with Gasteiger partial charge in [-0.15, -0.1) is 0 Å². The van der Waals surface area contributed by atoms with Crippen LogP contribution in [0.25, 0.3) is 0 Å². The van der Waals surface area contributed by atoms with Crippen molar-refractivity contribution in [1.29, 1.82) is 0 Å². The smallest absolute Gasteiger partial charge is 0.119 e. The fraction of sp³-hybridized carbons (Fsp3) is 0.500. The lowest BCUT2D eigenvalue weighted by atomic mass is 9.90. The van der Waals surface area contributed by atoms with E-state index in [1.54, 1.807) is 12.1 Å². The summed E-state index contributed by atoms with van der Waals surface area (Å²) in [6.45, 7) is 3.58. The molecule has 1 fully saturated rings. The van der Waals surface area contributed by atoms with Crippen molar-refractivity contribution in [3.63, 3.8) is 0 Å². The third-order valence-corrected chi connectivity index (χ3v) is 5.60. The van der Waals surface area contributed by atoms with Gasteiger partial charge in [0.1, 0.15) is 42.9 Å². The molecule has 190 valence electrons. The van der Waals surface area contributed by atoms with Crippen LogP contribution < -0.4 is 4.74 Å². The molecule has 0 bridgehead atoms. The third kappa shape index (κ3) is 7.88. The van der Waals surface area contributed by atoms with Crippen LogP contribution in [0.3, 0.4) is 0 Å². The molecule has 0 saturated carbocycles. The van der Waals surface area contributed by atoms with Crippen molar-refractivity contribution >= 4 is 11.6 Å². The second kappa shape index (κ2) is 13.9. The largest absolute Gasteiger partial charge is 0.494 e. The van der Waals surface area contributed by atoms with Crippen LogP contribution in [0.15, 0.2) is 42.5 Å². The predicted molar refractivity (Wildman–Crippen MR) is 125 cm³/mol. The molecule has 1 heterocycles. The lowest BCUT2D eigenvalue weighted by molar-refractivity contribution is -0.255. The van der Waals surface area contributed by atoms with Crippen LogP contribution in [0.1, 0.15) is 36.6 Å². The summed E-state index contributed by atoms with van der Waals surface area (Å²) in [4.78, 5) is 3.55. The van der Waals surface area contributed by atoms with E-state index in [1.165, 1.54) is 6.92 Å². The summed E-state index contributed by atoms with van der Waals surface area (Å²) in [6, 6.07) is 12.9. The van der Waals surface area contributed by atoms with Crippen LogP contribution in [-0.4, -0.2) is 81.1 Å². The first kappa shape index (κ1) is 28.4. The molecule has 0 radical (unpaired) electrons. The minimum Gasteiger partial charge on any atom is -0.494 e. The van der Waals surface area contributed by atoms with E-state index < -0.39 is 43.2 Å². The maximum absolute atomic E-state index is 10.3. The molecule has 0 spiro atoms. The van der Waals surface area contributed by atoms with Gasteiger partial charge in [0.15, 0.2) is 0 Å². The van der Waals surface area contributed by atoms with Crippen molar-refractivity contribution in [3.8, 4) is 5.75 Å². The molecule has 6 atom stereocenters. The zero-order valence-electron chi connectivity index (χ0n) is 19.1. The first-order chi connectivity index (χ1) is 16.2. The topological polar surface area (TPSA) is 149 Å². The molecule has 0 aromatic heterocycles. The van der Waals surface area contributed by atoms with Crippen molar-refractivity contribution in [2.75, 3.05) is 19.8 Å². The van der Waals surface area contributed by atoms with Gasteiger partial charge < -0.3 is 35.0 Å². The van der Waals surface area contributed by atoms with Crippen LogP contribution in [0, 0.1) is 0 Å². The van der Waals surface area contributed by atoms with Gasteiger partial charge in [-0.05, 0) is 55.2 Å². The lowest BCUT2D eigenvalue weighted by Gasteiger charge is -2.40. The quantitative estimate of drug-likeness (QED) is 0.235. The summed E-state index contributed by atoms with van der Waals surface area (Å²) < 4.78 is 11.1. The molecular weight excluding hydrogens is 468 g/mol. The monoisotopic (exact) mass is 500 g/mol. The van der Waals surface area contributed by atoms with Crippen LogP contribution in [0.4, 0.5) is 0 Å². The molecule has 1 saturated heterocycles. The highest BCUT2D eigenvalue weighted by molar-refractivity contribution is 6.31. The first-order valence-corrected chi connectivity index (χ1v) is 11.3. The highest BCUT2D eigenvalue weighted by Gasteiger charge is 2.44. The number of aliphatic hydroxyl groups is 5. The number of benzene rings is 2. The molecule has 2 aromatic rings. The molecule has 1 aliphatic heterocycles. The van der Waals surface area contributed by atoms with Crippen LogP contribution in [0.2, 0.25) is 5.02 Å². The summed E-state index contributed by atoms with van der Waals surface area (Å²) in [5.41, 5.74) is 2.49. The number of hydrogen-bond acceptors (Lipinski definition) is 9. The zero-order valence-corrected chi connectivity index (χ0v) is 19.9. The van der Waals surface area contributed by atoms with Crippen molar-refractivity contribution in [2.24, 2.45) is 0 Å². The third-order valence-electron chi connectivity index (χ3n) is 5.24. The summed E-state index contributed by atoms with van der Waals surface area (Å²) in [6.07, 6.45) is -5.96. The average Bonchev–Trinajstić information content (AvgIpc) is 2.81. The van der Waals surface area contributed by atoms with Gasteiger partial charge in [-0.3, -0.25) is 5.26 Å². The van der Waals surface area contributed by atoms with Gasteiger partial charge in [0.25, 0.3) is 0 Å². The zero-order chi connectivity index (χ0) is 25.3. The molecule has 1 aliphatic rings. The Balaban J connectivity index is 0.000000604. The highest BCUT2D eigenvalue weighted by atomic mass is 35.5. The second-order valence-corrected chi connectivity index (χ2v) is 8.41. The van der Waals surface area contributed by atoms with E-state index >= 15 is 0 Å². The number of ether oxygens (including phenoxy) is 2. The van der Waals surface area contributed by atoms with Crippen molar-refractivity contribution in [3.05, 3.63) is 64.2 Å². The van der Waals surface area contributed by atoms with E-state index in [9.17, 15) is 20.4 Å². The summed E-state index contributed by atoms with van der Waals surface area (Å²) in [7, 11) is 0. The average molecular weight is 501 g/mol. The van der Waals surface area contributed by atoms with Gasteiger partial charge >= 0.3 is 0 Å². The van der Waals surface area contributed by atoms with Gasteiger partial charge in [-0.2, -0.15) is 0 Å². The molecule has 2 aromatic carbocycles. The minimum absolute atomic E-state index is 0.0139. The lowest BCUT2D eigenvalue weighted by Crippen LogP contribution is -2.55. The van der Waals surface area contributed by atoms with E-state index in [4.69, 9.17) is 31.4 Å². The van der Waals surface area contributed by atoms with Gasteiger partial charge in [-0.25, -0.2) is 4.89 Å². The van der Waals surface area contributed by atoms with E-state index in [0.717, 1.165) is 16.9 Å². The fourth-order valence-electron chi connectivity index (χ4n) is 3.48. The Labute approximate surface area is 203 Å². The van der Waals surface area contributed by atoms with E-state index in [0.29, 0.717) is 23.6 Å². The van der Waals surface area contributed by atoms with Crippen LogP contribution >= 0.6 is 11.6 Å². The standard InChI is InChI=1S/C21H25ClO6.C3H8O3/c1-2-27-15-6-3-12(4-7-15)9-14-10-13(5-8-16(14)22)21-20(26)19(25)18(24)17(11-23)28-21;1-3(4)2-6-5/h3-8,10,17-21,23-26H,2,9,11H2,1H3;3-5H,2H2,1H3/t17-,18-,19+,20-,21+;3-/m10/s1. The number of rotatable bonds is 8. The summed E-state index contributed by atoms with van der Waals surface area (Å²) in [5, 5.41) is 56.1. The predicted octanol–water partition coefficient (Wildman–Crippen LogP) is 1.70. The molecule has 6 N–H and O–H groups in total. The fourth-order valence-corrected chi connectivity index (χ4v) is 3.67. The Bertz CT molecular complexity index is 860. The van der Waals surface area contributed by atoms with Crippen molar-refractivity contribution in [2.45, 2.75) is 56.9 Å². The molecule has 0 aliphatic carbocycles. The SMILES string of the molecule is CCOc1ccc(Cc2cc([C@@H]3O[C@H](CO)[C@@H](O)[C@H](O)[C@H]3O)ccc2Cl)cc1.C[C@H](O)COO. The highest BCUT2D eigenvalue weighted by Crippen LogP contribution is 2.34. The Morgan fingerprint density at radius 2 is 1.71 bits per heavy atom. The maximum Gasteiger partial charge on any atom is 0.119 e. The minimum atomic E-state index is -1.42. The Hall–Kier alpha value is -1.79. The number of halogens is 1. The first-order valence-electron chi connectivity index (χ1n) is 11.0. The van der Waals surface area contributed by atoms with Gasteiger partial charge in [0, 0.05) is 5.02 Å². The Kier molecular flexibility index (Phi) is 11.7. The number of aliphatic hydroxyl groups excluding tert-OH is 5. The van der Waals surface area contributed by atoms with Gasteiger partial charge in [0.2, 0.25) is 0 Å². The molecule has 0 amide bonds. The van der Waals surface area contributed by atoms with Gasteiger partial charge in [0.05, 0.1) is 19.3 Å². The van der Waals surface area contributed by atoms with Crippen LogP contribution in [0.5, 0.6) is 5.75 Å². The maximum atomic E-state index is 10.3. The Morgan fingerprint density at radius 1 is 1.03 bits per heavy atom. The van der Waals surface area contributed by atoms with Crippen molar-refractivity contribution in [1.82, 2.24) is 0 Å². The molecule has 3 rings (SSSR count). The summed E-state index contributed by atoms with van der Waals surface area (Å²) >= 11 is 6.35.